The lowest BCUT2D eigenvalue weighted by Crippen LogP contribution is -2.41. The molecule has 2 rings (SSSR count). The predicted molar refractivity (Wildman–Crippen MR) is 71.6 cm³/mol. The van der Waals surface area contributed by atoms with Crippen molar-refractivity contribution in [2.24, 2.45) is 0 Å². The third-order valence-corrected chi connectivity index (χ3v) is 3.57. The van der Waals surface area contributed by atoms with Gasteiger partial charge in [-0.1, -0.05) is 5.92 Å². The van der Waals surface area contributed by atoms with E-state index in [0.29, 0.717) is 0 Å². The van der Waals surface area contributed by atoms with Gasteiger partial charge in [-0.15, -0.1) is 0 Å². The Kier molecular flexibility index (Phi) is 3.71. The lowest BCUT2D eigenvalue weighted by Gasteiger charge is -2.36. The van der Waals surface area contributed by atoms with Crippen molar-refractivity contribution >= 4 is 5.69 Å². The Morgan fingerprint density at radius 3 is 2.24 bits per heavy atom. The van der Waals surface area contributed by atoms with E-state index in [-0.39, 0.29) is 0 Å². The van der Waals surface area contributed by atoms with Crippen LogP contribution in [0.3, 0.4) is 0 Å². The van der Waals surface area contributed by atoms with Crippen LogP contribution in [0.2, 0.25) is 0 Å². The Balaban J connectivity index is 1.98. The maximum Gasteiger partial charge on any atom is 0.0367 e. The number of benzene rings is 1. The molecular formula is C15H19N2. The average molecular weight is 227 g/mol. The summed E-state index contributed by atoms with van der Waals surface area (Å²) < 4.78 is 0. The van der Waals surface area contributed by atoms with Gasteiger partial charge in [-0.3, -0.25) is 0 Å². The molecule has 0 N–H and O–H groups in total. The highest BCUT2D eigenvalue weighted by Crippen LogP contribution is 2.21. The molecule has 2 heteroatoms. The van der Waals surface area contributed by atoms with Crippen molar-refractivity contribution in [2.45, 2.75) is 18.9 Å². The Labute approximate surface area is 104 Å². The molecule has 0 atom stereocenters. The maximum absolute atomic E-state index is 7.06. The molecule has 1 fully saturated rings. The van der Waals surface area contributed by atoms with Crippen LogP contribution >= 0.6 is 0 Å². The quantitative estimate of drug-likeness (QED) is 0.714. The molecule has 89 valence electrons. The van der Waals surface area contributed by atoms with Crippen LogP contribution in [0.15, 0.2) is 24.3 Å². The molecule has 1 aliphatic heterocycles. The lowest BCUT2D eigenvalue weighted by molar-refractivity contribution is 0.249. The molecule has 2 nitrogen and oxygen atoms in total. The first-order valence-electron chi connectivity index (χ1n) is 6.15. The summed E-state index contributed by atoms with van der Waals surface area (Å²) in [5.41, 5.74) is 2.11. The summed E-state index contributed by atoms with van der Waals surface area (Å²) in [7, 11) is 4.32. The van der Waals surface area contributed by atoms with Crippen molar-refractivity contribution in [2.75, 3.05) is 32.1 Å². The van der Waals surface area contributed by atoms with Gasteiger partial charge < -0.3 is 9.80 Å². The van der Waals surface area contributed by atoms with Crippen molar-refractivity contribution < 1.29 is 0 Å². The summed E-state index contributed by atoms with van der Waals surface area (Å²) >= 11 is 0. The maximum atomic E-state index is 7.06. The van der Waals surface area contributed by atoms with E-state index in [2.05, 4.69) is 41.9 Å². The fourth-order valence-corrected chi connectivity index (χ4v) is 2.40. The standard InChI is InChI=1S/C15H19N2/c1-4-13-5-7-15(8-6-13)17-11-9-14(10-12-17)16(2)3/h5-8,14H,9-12H2,2-3H3. The van der Waals surface area contributed by atoms with E-state index in [1.54, 1.807) is 0 Å². The van der Waals surface area contributed by atoms with Crippen LogP contribution in [0, 0.1) is 12.3 Å². The summed E-state index contributed by atoms with van der Waals surface area (Å²) in [5, 5.41) is 0. The fourth-order valence-electron chi connectivity index (χ4n) is 2.40. The summed E-state index contributed by atoms with van der Waals surface area (Å²) in [4.78, 5) is 4.75. The molecular weight excluding hydrogens is 208 g/mol. The largest absolute Gasteiger partial charge is 0.371 e. The Morgan fingerprint density at radius 2 is 1.76 bits per heavy atom. The van der Waals surface area contributed by atoms with Crippen molar-refractivity contribution in [1.29, 1.82) is 0 Å². The van der Waals surface area contributed by atoms with E-state index < -0.39 is 0 Å². The Morgan fingerprint density at radius 1 is 1.18 bits per heavy atom. The summed E-state index contributed by atoms with van der Waals surface area (Å²) in [6.07, 6.45) is 9.52. The van der Waals surface area contributed by atoms with Gasteiger partial charge in [-0.2, -0.15) is 0 Å². The van der Waals surface area contributed by atoms with Crippen LogP contribution in [0.25, 0.3) is 0 Å². The van der Waals surface area contributed by atoms with Crippen molar-refractivity contribution in [3.8, 4) is 5.92 Å². The van der Waals surface area contributed by atoms with Crippen LogP contribution in [-0.4, -0.2) is 38.1 Å². The van der Waals surface area contributed by atoms with Crippen LogP contribution in [0.4, 0.5) is 5.69 Å². The first kappa shape index (κ1) is 12.0. The van der Waals surface area contributed by atoms with Gasteiger partial charge in [-0.05, 0) is 57.6 Å². The second kappa shape index (κ2) is 5.25. The molecule has 0 bridgehead atoms. The molecule has 0 saturated carbocycles. The number of piperidine rings is 1. The van der Waals surface area contributed by atoms with Gasteiger partial charge >= 0.3 is 0 Å². The van der Waals surface area contributed by atoms with Gasteiger partial charge in [0.05, 0.1) is 0 Å². The van der Waals surface area contributed by atoms with Crippen LogP contribution < -0.4 is 4.90 Å². The van der Waals surface area contributed by atoms with Crippen LogP contribution in [-0.2, 0) is 0 Å². The van der Waals surface area contributed by atoms with Crippen molar-refractivity contribution in [1.82, 2.24) is 4.90 Å². The molecule has 1 saturated heterocycles. The van der Waals surface area contributed by atoms with Gasteiger partial charge in [0.1, 0.15) is 0 Å². The topological polar surface area (TPSA) is 6.48 Å². The third kappa shape index (κ3) is 2.81. The van der Waals surface area contributed by atoms with Crippen LogP contribution in [0.5, 0.6) is 0 Å². The second-order valence-corrected chi connectivity index (χ2v) is 4.85. The zero-order chi connectivity index (χ0) is 12.3. The SMILES string of the molecule is [C]#Cc1ccc(N2CCC(N(C)C)CC2)cc1. The molecule has 0 spiro atoms. The van der Waals surface area contributed by atoms with Gasteiger partial charge in [0.2, 0.25) is 0 Å². The van der Waals surface area contributed by atoms with Gasteiger partial charge in [0.25, 0.3) is 0 Å². The molecule has 0 aromatic heterocycles. The van der Waals surface area contributed by atoms with Gasteiger partial charge in [0, 0.05) is 30.4 Å². The number of anilines is 1. The number of rotatable bonds is 2. The molecule has 17 heavy (non-hydrogen) atoms. The molecule has 1 aromatic rings. The summed E-state index contributed by atoms with van der Waals surface area (Å²) in [6, 6.07) is 8.82. The van der Waals surface area contributed by atoms with Gasteiger partial charge in [-0.25, -0.2) is 0 Å². The molecule has 0 unspecified atom stereocenters. The molecule has 1 radical (unpaired) electrons. The highest BCUT2D eigenvalue weighted by atomic mass is 15.2. The lowest BCUT2D eigenvalue weighted by atomic mass is 10.0. The number of nitrogens with zero attached hydrogens (tertiary/aromatic N) is 2. The highest BCUT2D eigenvalue weighted by Gasteiger charge is 2.20. The highest BCUT2D eigenvalue weighted by molar-refractivity contribution is 5.50. The first-order valence-corrected chi connectivity index (χ1v) is 6.15. The summed E-state index contributed by atoms with van der Waals surface area (Å²) in [6.45, 7) is 2.24. The van der Waals surface area contributed by atoms with Crippen molar-refractivity contribution in [3.05, 3.63) is 36.3 Å². The monoisotopic (exact) mass is 227 g/mol. The van der Waals surface area contributed by atoms with Crippen LogP contribution in [0.1, 0.15) is 18.4 Å². The smallest absolute Gasteiger partial charge is 0.0367 e. The average Bonchev–Trinajstić information content (AvgIpc) is 2.39. The first-order chi connectivity index (χ1) is 8.20. The van der Waals surface area contributed by atoms with E-state index in [1.165, 1.54) is 18.5 Å². The van der Waals surface area contributed by atoms with E-state index in [1.807, 2.05) is 12.1 Å². The number of hydrogen-bond acceptors (Lipinski definition) is 2. The normalized spacial score (nSPS) is 17.2. The third-order valence-electron chi connectivity index (χ3n) is 3.57. The summed E-state index contributed by atoms with van der Waals surface area (Å²) in [5.74, 6) is 2.40. The Bertz CT molecular complexity index is 392. The van der Waals surface area contributed by atoms with E-state index >= 15 is 0 Å². The minimum absolute atomic E-state index is 0.723. The van der Waals surface area contributed by atoms with E-state index in [0.717, 1.165) is 24.7 Å². The minimum atomic E-state index is 0.723. The molecule has 1 heterocycles. The number of hydrogen-bond donors (Lipinski definition) is 0. The second-order valence-electron chi connectivity index (χ2n) is 4.85. The molecule has 1 aliphatic rings. The van der Waals surface area contributed by atoms with Crippen molar-refractivity contribution in [3.63, 3.8) is 0 Å². The Hall–Kier alpha value is -1.46. The fraction of sp³-hybridized carbons (Fsp3) is 0.467. The van der Waals surface area contributed by atoms with E-state index in [9.17, 15) is 0 Å². The predicted octanol–water partition coefficient (Wildman–Crippen LogP) is 2.15. The minimum Gasteiger partial charge on any atom is -0.371 e. The zero-order valence-corrected chi connectivity index (χ0v) is 10.6. The molecule has 0 amide bonds. The molecule has 0 aliphatic carbocycles. The molecule has 1 aromatic carbocycles. The van der Waals surface area contributed by atoms with E-state index in [4.69, 9.17) is 6.42 Å². The van der Waals surface area contributed by atoms with Gasteiger partial charge in [0.15, 0.2) is 0 Å². The zero-order valence-electron chi connectivity index (χ0n) is 10.6.